The first kappa shape index (κ1) is 18.2. The summed E-state index contributed by atoms with van der Waals surface area (Å²) in [6, 6.07) is 1.74. The number of allylic oxidation sites excluding steroid dienone is 1. The average Bonchev–Trinajstić information content (AvgIpc) is 2.44. The summed E-state index contributed by atoms with van der Waals surface area (Å²) in [6.07, 6.45) is 3.60. The molecule has 0 aromatic rings. The Morgan fingerprint density at radius 2 is 1.77 bits per heavy atom. The maximum absolute atomic E-state index is 12.0. The summed E-state index contributed by atoms with van der Waals surface area (Å²) in [5, 5.41) is 8.84. The van der Waals surface area contributed by atoms with E-state index in [9.17, 15) is 9.59 Å². The van der Waals surface area contributed by atoms with Gasteiger partial charge >= 0.3 is 5.97 Å². The molecule has 1 aliphatic carbocycles. The fourth-order valence-corrected chi connectivity index (χ4v) is 2.89. The third kappa shape index (κ3) is 4.87. The van der Waals surface area contributed by atoms with Crippen LogP contribution in [0.15, 0.2) is 11.3 Å². The molecule has 0 atom stereocenters. The van der Waals surface area contributed by atoms with Gasteiger partial charge in [0.2, 0.25) is 5.78 Å². The van der Waals surface area contributed by atoms with Crippen LogP contribution in [-0.2, 0) is 14.3 Å². The zero-order valence-electron chi connectivity index (χ0n) is 13.9. The van der Waals surface area contributed by atoms with E-state index >= 15 is 0 Å². The molecule has 2 N–H and O–H groups in total. The quantitative estimate of drug-likeness (QED) is 0.489. The summed E-state index contributed by atoms with van der Waals surface area (Å²) in [5.74, 6) is -0.405. The van der Waals surface area contributed by atoms with Gasteiger partial charge in [-0.25, -0.2) is 0 Å². The molecule has 0 radical (unpaired) electrons. The number of esters is 1. The second-order valence-corrected chi connectivity index (χ2v) is 7.12. The highest BCUT2D eigenvalue weighted by Crippen LogP contribution is 2.40. The monoisotopic (exact) mass is 306 g/mol. The lowest BCUT2D eigenvalue weighted by atomic mass is 9.70. The minimum absolute atomic E-state index is 0.135. The highest BCUT2D eigenvalue weighted by atomic mass is 16.5. The first-order valence-electron chi connectivity index (χ1n) is 7.73. The predicted molar refractivity (Wildman–Crippen MR) is 83.4 cm³/mol. The van der Waals surface area contributed by atoms with Gasteiger partial charge in [0.05, 0.1) is 5.92 Å². The number of hydrogen-bond donors (Lipinski definition) is 1. The number of rotatable bonds is 4. The molecule has 0 aromatic carbocycles. The van der Waals surface area contributed by atoms with Crippen LogP contribution >= 0.6 is 0 Å². The lowest BCUT2D eigenvalue weighted by molar-refractivity contribution is -0.152. The van der Waals surface area contributed by atoms with E-state index in [0.717, 1.165) is 25.7 Å². The van der Waals surface area contributed by atoms with Crippen molar-refractivity contribution in [1.82, 2.24) is 0 Å². The van der Waals surface area contributed by atoms with Crippen LogP contribution < -0.4 is 5.73 Å². The number of Topliss-reactive ketones (excluding diaryl/α,β-unsaturated/α-hetero) is 1. The van der Waals surface area contributed by atoms with Crippen LogP contribution in [0.2, 0.25) is 0 Å². The molecule has 0 saturated heterocycles. The van der Waals surface area contributed by atoms with Gasteiger partial charge in [-0.1, -0.05) is 20.8 Å². The molecule has 1 saturated carbocycles. The Kier molecular flexibility index (Phi) is 6.16. The van der Waals surface area contributed by atoms with Crippen molar-refractivity contribution >= 4 is 11.8 Å². The first-order valence-corrected chi connectivity index (χ1v) is 7.73. The van der Waals surface area contributed by atoms with Crippen molar-refractivity contribution in [2.75, 3.05) is 6.61 Å². The van der Waals surface area contributed by atoms with Crippen LogP contribution in [0, 0.1) is 28.6 Å². The molecule has 0 aromatic heterocycles. The minimum Gasteiger partial charge on any atom is -0.457 e. The van der Waals surface area contributed by atoms with Gasteiger partial charge in [-0.3, -0.25) is 9.59 Å². The zero-order chi connectivity index (χ0) is 16.9. The molecular formula is C17H26N2O3. The van der Waals surface area contributed by atoms with E-state index in [0.29, 0.717) is 5.92 Å². The normalized spacial score (nSPS) is 23.2. The fraction of sp³-hybridized carbons (Fsp3) is 0.706. The maximum Gasteiger partial charge on any atom is 0.309 e. The fourth-order valence-electron chi connectivity index (χ4n) is 2.89. The molecule has 0 heterocycles. The van der Waals surface area contributed by atoms with Crippen LogP contribution in [-0.4, -0.2) is 18.4 Å². The Morgan fingerprint density at radius 1 is 1.23 bits per heavy atom. The third-order valence-corrected chi connectivity index (χ3v) is 4.42. The van der Waals surface area contributed by atoms with Crippen molar-refractivity contribution in [3.05, 3.63) is 11.3 Å². The SMILES string of the molecule is C/C(N)=C(/C#N)C(=O)COC(=O)C1CCC(C(C)(C)C)CC1. The van der Waals surface area contributed by atoms with Gasteiger partial charge in [-0.2, -0.15) is 5.26 Å². The van der Waals surface area contributed by atoms with E-state index in [2.05, 4.69) is 20.8 Å². The number of carbonyl (C=O) groups is 2. The Labute approximate surface area is 132 Å². The van der Waals surface area contributed by atoms with Crippen LogP contribution in [0.4, 0.5) is 0 Å². The second-order valence-electron chi connectivity index (χ2n) is 7.12. The van der Waals surface area contributed by atoms with Gasteiger partial charge < -0.3 is 10.5 Å². The van der Waals surface area contributed by atoms with E-state index in [1.807, 2.05) is 0 Å². The maximum atomic E-state index is 12.0. The van der Waals surface area contributed by atoms with Gasteiger partial charge in [-0.15, -0.1) is 0 Å². The van der Waals surface area contributed by atoms with Crippen LogP contribution in [0.25, 0.3) is 0 Å². The number of nitrogens with zero attached hydrogens (tertiary/aromatic N) is 1. The molecule has 5 nitrogen and oxygen atoms in total. The van der Waals surface area contributed by atoms with Crippen molar-refractivity contribution in [2.45, 2.75) is 53.4 Å². The minimum atomic E-state index is -0.542. The summed E-state index contributed by atoms with van der Waals surface area (Å²) in [5.41, 5.74) is 5.72. The van der Waals surface area contributed by atoms with Gasteiger partial charge in [0, 0.05) is 5.70 Å². The smallest absolute Gasteiger partial charge is 0.309 e. The Hall–Kier alpha value is -1.83. The second kappa shape index (κ2) is 7.44. The largest absolute Gasteiger partial charge is 0.457 e. The average molecular weight is 306 g/mol. The molecule has 0 bridgehead atoms. The van der Waals surface area contributed by atoms with Gasteiger partial charge in [0.25, 0.3) is 0 Å². The summed E-state index contributed by atoms with van der Waals surface area (Å²) >= 11 is 0. The number of ether oxygens (including phenoxy) is 1. The van der Waals surface area contributed by atoms with Crippen molar-refractivity contribution in [2.24, 2.45) is 23.0 Å². The molecule has 0 spiro atoms. The topological polar surface area (TPSA) is 93.2 Å². The van der Waals surface area contributed by atoms with E-state index in [-0.39, 0.29) is 28.6 Å². The molecule has 1 fully saturated rings. The molecule has 1 rings (SSSR count). The van der Waals surface area contributed by atoms with Crippen molar-refractivity contribution < 1.29 is 14.3 Å². The van der Waals surface area contributed by atoms with E-state index in [1.165, 1.54) is 6.92 Å². The van der Waals surface area contributed by atoms with E-state index in [4.69, 9.17) is 15.7 Å². The van der Waals surface area contributed by atoms with Gasteiger partial charge in [-0.05, 0) is 43.9 Å². The van der Waals surface area contributed by atoms with E-state index in [1.54, 1.807) is 6.07 Å². The molecule has 22 heavy (non-hydrogen) atoms. The number of hydrogen-bond acceptors (Lipinski definition) is 5. The van der Waals surface area contributed by atoms with Crippen LogP contribution in [0.5, 0.6) is 0 Å². The highest BCUT2D eigenvalue weighted by Gasteiger charge is 2.33. The standard InChI is InChI=1S/C17H26N2O3/c1-11(19)14(9-18)15(20)10-22-16(21)12-5-7-13(8-6-12)17(2,3)4/h12-13H,5-8,10,19H2,1-4H3/b14-11+. The predicted octanol–water partition coefficient (Wildman–Crippen LogP) is 2.71. The van der Waals surface area contributed by atoms with Crippen LogP contribution in [0.3, 0.4) is 0 Å². The Balaban J connectivity index is 2.47. The summed E-state index contributed by atoms with van der Waals surface area (Å²) in [7, 11) is 0. The molecule has 1 aliphatic rings. The highest BCUT2D eigenvalue weighted by molar-refractivity contribution is 6.01. The molecule has 0 amide bonds. The zero-order valence-corrected chi connectivity index (χ0v) is 13.9. The molecule has 5 heteroatoms. The number of nitrogens with two attached hydrogens (primary N) is 1. The van der Waals surface area contributed by atoms with Crippen LogP contribution in [0.1, 0.15) is 53.4 Å². The Bertz CT molecular complexity index is 497. The summed E-state index contributed by atoms with van der Waals surface area (Å²) in [4.78, 5) is 23.8. The molecule has 0 aliphatic heterocycles. The van der Waals surface area contributed by atoms with Crippen molar-refractivity contribution in [3.8, 4) is 6.07 Å². The van der Waals surface area contributed by atoms with Gasteiger partial charge in [0.15, 0.2) is 6.61 Å². The van der Waals surface area contributed by atoms with Gasteiger partial charge in [0.1, 0.15) is 11.6 Å². The molecule has 122 valence electrons. The molecule has 0 unspecified atom stereocenters. The lowest BCUT2D eigenvalue weighted by Gasteiger charge is -2.36. The number of carbonyl (C=O) groups excluding carboxylic acids is 2. The van der Waals surface area contributed by atoms with E-state index < -0.39 is 12.4 Å². The molecular weight excluding hydrogens is 280 g/mol. The summed E-state index contributed by atoms with van der Waals surface area (Å²) < 4.78 is 5.07. The van der Waals surface area contributed by atoms with Crippen molar-refractivity contribution in [3.63, 3.8) is 0 Å². The number of ketones is 1. The summed E-state index contributed by atoms with van der Waals surface area (Å²) in [6.45, 7) is 7.74. The third-order valence-electron chi connectivity index (χ3n) is 4.42. The number of nitriles is 1. The van der Waals surface area contributed by atoms with Crippen molar-refractivity contribution in [1.29, 1.82) is 5.26 Å². The Morgan fingerprint density at radius 3 is 2.18 bits per heavy atom. The first-order chi connectivity index (χ1) is 10.2. The lowest BCUT2D eigenvalue weighted by Crippen LogP contribution is -2.30.